The first-order valence-corrected chi connectivity index (χ1v) is 7.82. The number of methoxy groups -OCH3 is 1. The highest BCUT2D eigenvalue weighted by atomic mass is 35.5. The van der Waals surface area contributed by atoms with Crippen molar-refractivity contribution < 1.29 is 19.0 Å². The average molecular weight is 378 g/mol. The van der Waals surface area contributed by atoms with E-state index in [1.54, 1.807) is 36.4 Å². The highest BCUT2D eigenvalue weighted by Crippen LogP contribution is 2.30. The molecule has 0 saturated carbocycles. The molecule has 0 saturated heterocycles. The maximum absolute atomic E-state index is 12.0. The van der Waals surface area contributed by atoms with Crippen LogP contribution in [0.25, 0.3) is 6.08 Å². The van der Waals surface area contributed by atoms with Crippen molar-refractivity contribution >= 4 is 35.2 Å². The molecule has 0 unspecified atom stereocenters. The van der Waals surface area contributed by atoms with Crippen LogP contribution in [0.15, 0.2) is 42.5 Å². The Kier molecular flexibility index (Phi) is 6.70. The van der Waals surface area contributed by atoms with Gasteiger partial charge in [0.1, 0.15) is 5.75 Å². The van der Waals surface area contributed by atoms with E-state index in [0.717, 1.165) is 5.56 Å². The molecule has 0 spiro atoms. The second-order valence-corrected chi connectivity index (χ2v) is 5.55. The minimum atomic E-state index is -0.621. The zero-order valence-corrected chi connectivity index (χ0v) is 14.7. The molecule has 7 heteroatoms. The fraction of sp³-hybridized carbons (Fsp3) is 0.111. The summed E-state index contributed by atoms with van der Waals surface area (Å²) in [6.45, 7) is -0.333. The molecule has 2 aromatic carbocycles. The van der Waals surface area contributed by atoms with Crippen LogP contribution >= 0.6 is 23.2 Å². The Labute approximate surface area is 154 Å². The van der Waals surface area contributed by atoms with Crippen molar-refractivity contribution in [1.29, 1.82) is 5.26 Å². The summed E-state index contributed by atoms with van der Waals surface area (Å²) in [5, 5.41) is 9.31. The Hall–Kier alpha value is -2.68. The van der Waals surface area contributed by atoms with E-state index < -0.39 is 5.97 Å². The number of benzene rings is 2. The molecule has 0 heterocycles. The van der Waals surface area contributed by atoms with Crippen molar-refractivity contribution in [3.63, 3.8) is 0 Å². The number of ether oxygens (including phenoxy) is 3. The third-order valence-electron chi connectivity index (χ3n) is 3.00. The summed E-state index contributed by atoms with van der Waals surface area (Å²) in [6.07, 6.45) is 2.95. The van der Waals surface area contributed by atoms with Crippen LogP contribution in [0, 0.1) is 11.3 Å². The first-order chi connectivity index (χ1) is 12.0. The van der Waals surface area contributed by atoms with E-state index in [-0.39, 0.29) is 12.4 Å². The number of hydrogen-bond donors (Lipinski definition) is 0. The lowest BCUT2D eigenvalue weighted by atomic mass is 10.2. The molecule has 0 aliphatic heterocycles. The number of carbonyl (C=O) groups excluding carboxylic acids is 1. The molecule has 25 heavy (non-hydrogen) atoms. The monoisotopic (exact) mass is 377 g/mol. The molecule has 2 rings (SSSR count). The largest absolute Gasteiger partial charge is 0.493 e. The number of rotatable bonds is 6. The average Bonchev–Trinajstić information content (AvgIpc) is 2.60. The van der Waals surface area contributed by atoms with E-state index in [0.29, 0.717) is 21.5 Å². The van der Waals surface area contributed by atoms with Crippen molar-refractivity contribution in [2.45, 2.75) is 0 Å². The van der Waals surface area contributed by atoms with E-state index in [1.165, 1.54) is 19.3 Å². The standard InChI is InChI=1S/C18H13Cl2NO4/c1-23-17-9-12(3-2-8-21)4-6-16(17)25-18(22)11-24-15-7-5-13(19)10-14(15)20/h2-7,9-10H,11H2,1H3/b3-2-. The van der Waals surface area contributed by atoms with E-state index in [1.807, 2.05) is 6.07 Å². The molecular weight excluding hydrogens is 365 g/mol. The van der Waals surface area contributed by atoms with E-state index in [4.69, 9.17) is 42.7 Å². The molecule has 0 aliphatic carbocycles. The van der Waals surface area contributed by atoms with Crippen molar-refractivity contribution in [2.75, 3.05) is 13.7 Å². The van der Waals surface area contributed by atoms with Gasteiger partial charge in [0.15, 0.2) is 18.1 Å². The minimum absolute atomic E-state index is 0.243. The Morgan fingerprint density at radius 3 is 2.60 bits per heavy atom. The van der Waals surface area contributed by atoms with Gasteiger partial charge in [0, 0.05) is 11.1 Å². The fourth-order valence-electron chi connectivity index (χ4n) is 1.89. The molecule has 0 radical (unpaired) electrons. The maximum Gasteiger partial charge on any atom is 0.349 e. The highest BCUT2D eigenvalue weighted by Gasteiger charge is 2.12. The van der Waals surface area contributed by atoms with Crippen LogP contribution in [-0.4, -0.2) is 19.7 Å². The number of halogens is 2. The van der Waals surface area contributed by atoms with Crippen molar-refractivity contribution in [1.82, 2.24) is 0 Å². The fourth-order valence-corrected chi connectivity index (χ4v) is 2.35. The number of nitriles is 1. The Bertz CT molecular complexity index is 843. The Balaban J connectivity index is 2.02. The molecule has 0 aromatic heterocycles. The van der Waals surface area contributed by atoms with Crippen LogP contribution in [0.2, 0.25) is 10.0 Å². The minimum Gasteiger partial charge on any atom is -0.493 e. The van der Waals surface area contributed by atoms with Gasteiger partial charge in [0.05, 0.1) is 18.2 Å². The molecule has 128 valence electrons. The Morgan fingerprint density at radius 1 is 1.16 bits per heavy atom. The first kappa shape index (κ1) is 18.7. The van der Waals surface area contributed by atoms with Crippen LogP contribution in [0.3, 0.4) is 0 Å². The van der Waals surface area contributed by atoms with Crippen molar-refractivity contribution in [3.05, 3.63) is 58.1 Å². The number of hydrogen-bond acceptors (Lipinski definition) is 5. The molecule has 2 aromatic rings. The molecule has 0 aliphatic rings. The van der Waals surface area contributed by atoms with Crippen molar-refractivity contribution in [2.24, 2.45) is 0 Å². The van der Waals surface area contributed by atoms with Crippen molar-refractivity contribution in [3.8, 4) is 23.3 Å². The SMILES string of the molecule is COc1cc(/C=C\C#N)ccc1OC(=O)COc1ccc(Cl)cc1Cl. The van der Waals surface area contributed by atoms with Crippen LogP contribution < -0.4 is 14.2 Å². The quantitative estimate of drug-likeness (QED) is 0.420. The van der Waals surface area contributed by atoms with Crippen LogP contribution in [0.5, 0.6) is 17.2 Å². The van der Waals surface area contributed by atoms with Gasteiger partial charge >= 0.3 is 5.97 Å². The number of allylic oxidation sites excluding steroid dienone is 1. The molecular formula is C18H13Cl2NO4. The first-order valence-electron chi connectivity index (χ1n) is 7.06. The zero-order valence-electron chi connectivity index (χ0n) is 13.2. The smallest absolute Gasteiger partial charge is 0.349 e. The van der Waals surface area contributed by atoms with Gasteiger partial charge in [-0.3, -0.25) is 0 Å². The number of nitrogens with zero attached hydrogens (tertiary/aromatic N) is 1. The predicted octanol–water partition coefficient (Wildman–Crippen LogP) is 4.52. The summed E-state index contributed by atoms with van der Waals surface area (Å²) in [5.74, 6) is 0.307. The van der Waals surface area contributed by atoms with E-state index >= 15 is 0 Å². The summed E-state index contributed by atoms with van der Waals surface area (Å²) in [5.41, 5.74) is 0.738. The van der Waals surface area contributed by atoms with Crippen LogP contribution in [0.4, 0.5) is 0 Å². The van der Waals surface area contributed by atoms with E-state index in [9.17, 15) is 4.79 Å². The van der Waals surface area contributed by atoms with Gasteiger partial charge in [0.25, 0.3) is 0 Å². The van der Waals surface area contributed by atoms with Crippen LogP contribution in [0.1, 0.15) is 5.56 Å². The molecule has 0 amide bonds. The lowest BCUT2D eigenvalue weighted by molar-refractivity contribution is -0.136. The normalized spacial score (nSPS) is 10.3. The topological polar surface area (TPSA) is 68.5 Å². The maximum atomic E-state index is 12.0. The summed E-state index contributed by atoms with van der Waals surface area (Å²) in [6, 6.07) is 11.5. The van der Waals surface area contributed by atoms with Gasteiger partial charge in [-0.25, -0.2) is 4.79 Å². The van der Waals surface area contributed by atoms with Gasteiger partial charge in [-0.1, -0.05) is 29.3 Å². The predicted molar refractivity (Wildman–Crippen MR) is 95.2 cm³/mol. The summed E-state index contributed by atoms with van der Waals surface area (Å²) in [7, 11) is 1.45. The lowest BCUT2D eigenvalue weighted by Gasteiger charge is -2.11. The second-order valence-electron chi connectivity index (χ2n) is 4.71. The number of esters is 1. The molecule has 0 atom stereocenters. The number of carbonyl (C=O) groups is 1. The van der Waals surface area contributed by atoms with Gasteiger partial charge in [-0.05, 0) is 42.0 Å². The Morgan fingerprint density at radius 2 is 1.92 bits per heavy atom. The third-order valence-corrected chi connectivity index (χ3v) is 3.53. The molecule has 0 fully saturated rings. The lowest BCUT2D eigenvalue weighted by Crippen LogP contribution is -2.18. The van der Waals surface area contributed by atoms with Gasteiger partial charge in [-0.15, -0.1) is 0 Å². The van der Waals surface area contributed by atoms with Gasteiger partial charge in [-0.2, -0.15) is 5.26 Å². The highest BCUT2D eigenvalue weighted by molar-refractivity contribution is 6.35. The second kappa shape index (κ2) is 8.97. The summed E-state index contributed by atoms with van der Waals surface area (Å²) < 4.78 is 15.7. The van der Waals surface area contributed by atoms with Crippen LogP contribution in [-0.2, 0) is 4.79 Å². The summed E-state index contributed by atoms with van der Waals surface area (Å²) >= 11 is 11.8. The van der Waals surface area contributed by atoms with E-state index in [2.05, 4.69) is 0 Å². The molecule has 0 N–H and O–H groups in total. The summed E-state index contributed by atoms with van der Waals surface area (Å²) in [4.78, 5) is 12.0. The zero-order chi connectivity index (χ0) is 18.2. The third kappa shape index (κ3) is 5.42. The molecule has 0 bridgehead atoms. The molecule has 5 nitrogen and oxygen atoms in total. The van der Waals surface area contributed by atoms with Gasteiger partial charge in [0.2, 0.25) is 0 Å². The van der Waals surface area contributed by atoms with Gasteiger partial charge < -0.3 is 14.2 Å².